The number of benzene rings is 1. The number of thiazole rings is 1. The molecule has 1 aliphatic carbocycles. The van der Waals surface area contributed by atoms with Gasteiger partial charge in [0.2, 0.25) is 0 Å². The number of rotatable bonds is 6. The van der Waals surface area contributed by atoms with Crippen LogP contribution in [0.5, 0.6) is 5.75 Å². The van der Waals surface area contributed by atoms with E-state index >= 15 is 0 Å². The molecule has 4 aromatic rings. The van der Waals surface area contributed by atoms with E-state index < -0.39 is 6.61 Å². The summed E-state index contributed by atoms with van der Waals surface area (Å²) >= 11 is 1.29. The summed E-state index contributed by atoms with van der Waals surface area (Å²) in [5.41, 5.74) is 4.25. The second kappa shape index (κ2) is 7.94. The number of hydrogen-bond acceptors (Lipinski definition) is 6. The molecule has 1 fully saturated rings. The minimum atomic E-state index is -2.87. The largest absolute Gasteiger partial charge is 0.435 e. The monoisotopic (exact) mass is 455 g/mol. The molecule has 3 aromatic heterocycles. The fourth-order valence-corrected chi connectivity index (χ4v) is 4.38. The van der Waals surface area contributed by atoms with Crippen molar-refractivity contribution in [2.45, 2.75) is 32.3 Å². The number of hydrogen-bond donors (Lipinski definition) is 1. The molecule has 1 saturated carbocycles. The van der Waals surface area contributed by atoms with Crippen LogP contribution >= 0.6 is 11.3 Å². The van der Waals surface area contributed by atoms with Crippen LogP contribution in [-0.2, 0) is 7.05 Å². The molecule has 7 nitrogen and oxygen atoms in total. The Morgan fingerprint density at radius 3 is 2.69 bits per heavy atom. The van der Waals surface area contributed by atoms with Crippen molar-refractivity contribution in [1.82, 2.24) is 19.7 Å². The lowest BCUT2D eigenvalue weighted by atomic mass is 10.1. The summed E-state index contributed by atoms with van der Waals surface area (Å²) in [6.07, 6.45) is 2.15. The molecule has 164 valence electrons. The number of halogens is 2. The second-order valence-electron chi connectivity index (χ2n) is 7.67. The first-order chi connectivity index (χ1) is 15.4. The Labute approximate surface area is 186 Å². The van der Waals surface area contributed by atoms with Gasteiger partial charge < -0.3 is 4.74 Å². The van der Waals surface area contributed by atoms with Crippen LogP contribution in [0.1, 0.15) is 40.5 Å². The van der Waals surface area contributed by atoms with E-state index in [1.165, 1.54) is 23.5 Å². The van der Waals surface area contributed by atoms with Crippen molar-refractivity contribution in [3.05, 3.63) is 52.7 Å². The number of ether oxygens (including phenoxy) is 1. The smallest absolute Gasteiger partial charge is 0.387 e. The summed E-state index contributed by atoms with van der Waals surface area (Å²) < 4.78 is 30.7. The van der Waals surface area contributed by atoms with Gasteiger partial charge in [0, 0.05) is 29.6 Å². The van der Waals surface area contributed by atoms with Crippen molar-refractivity contribution in [1.29, 1.82) is 0 Å². The zero-order valence-electron chi connectivity index (χ0n) is 17.3. The van der Waals surface area contributed by atoms with Crippen LogP contribution in [0.15, 0.2) is 35.7 Å². The van der Waals surface area contributed by atoms with Crippen LogP contribution in [0.4, 0.5) is 13.9 Å². The van der Waals surface area contributed by atoms with E-state index in [2.05, 4.69) is 20.1 Å². The highest BCUT2D eigenvalue weighted by atomic mass is 32.1. The molecule has 1 amide bonds. The maximum absolute atomic E-state index is 13.2. The number of nitrogens with zero attached hydrogens (tertiary/aromatic N) is 4. The fourth-order valence-electron chi connectivity index (χ4n) is 3.67. The maximum Gasteiger partial charge on any atom is 0.387 e. The van der Waals surface area contributed by atoms with E-state index in [0.29, 0.717) is 28.0 Å². The van der Waals surface area contributed by atoms with Gasteiger partial charge in [-0.25, -0.2) is 9.97 Å². The molecule has 1 aromatic carbocycles. The van der Waals surface area contributed by atoms with Gasteiger partial charge in [-0.2, -0.15) is 13.9 Å². The summed E-state index contributed by atoms with van der Waals surface area (Å²) in [6.45, 7) is -1.01. The third-order valence-corrected chi connectivity index (χ3v) is 6.09. The van der Waals surface area contributed by atoms with Crippen molar-refractivity contribution < 1.29 is 18.3 Å². The number of aryl methyl sites for hydroxylation is 2. The van der Waals surface area contributed by atoms with Crippen LogP contribution in [0.25, 0.3) is 22.3 Å². The van der Waals surface area contributed by atoms with Gasteiger partial charge in [-0.3, -0.25) is 14.8 Å². The van der Waals surface area contributed by atoms with Crippen molar-refractivity contribution >= 4 is 33.4 Å². The van der Waals surface area contributed by atoms with Crippen molar-refractivity contribution in [2.24, 2.45) is 7.05 Å². The zero-order chi connectivity index (χ0) is 22.4. The van der Waals surface area contributed by atoms with Crippen LogP contribution in [-0.4, -0.2) is 32.3 Å². The Hall–Kier alpha value is -3.40. The molecule has 0 bridgehead atoms. The molecule has 0 radical (unpaired) electrons. The lowest BCUT2D eigenvalue weighted by Gasteiger charge is -2.07. The molecule has 0 unspecified atom stereocenters. The number of anilines is 1. The van der Waals surface area contributed by atoms with Gasteiger partial charge >= 0.3 is 6.61 Å². The molecule has 1 N–H and O–H groups in total. The Kier molecular flexibility index (Phi) is 5.09. The standard InChI is InChI=1S/C22H19F2N5O2S/c1-11-18-15(9-16(12-3-4-12)25-19(18)29(2)28-11)20(30)27-22-26-17(10-32-22)13-5-7-14(8-6-13)31-21(23)24/h5-10,12,21H,3-4H2,1-2H3,(H,26,27,30). The quantitative estimate of drug-likeness (QED) is 0.436. The van der Waals surface area contributed by atoms with E-state index in [1.807, 2.05) is 20.0 Å². The molecular weight excluding hydrogens is 436 g/mol. The highest BCUT2D eigenvalue weighted by molar-refractivity contribution is 7.14. The van der Waals surface area contributed by atoms with E-state index in [1.54, 1.807) is 22.2 Å². The SMILES string of the molecule is Cc1nn(C)c2nc(C3CC3)cc(C(=O)Nc3nc(-c4ccc(OC(F)F)cc4)cs3)c12. The van der Waals surface area contributed by atoms with Crippen molar-refractivity contribution in [3.63, 3.8) is 0 Å². The minimum Gasteiger partial charge on any atom is -0.435 e. The van der Waals surface area contributed by atoms with Gasteiger partial charge in [0.1, 0.15) is 5.75 Å². The molecule has 0 spiro atoms. The van der Waals surface area contributed by atoms with Crippen molar-refractivity contribution in [2.75, 3.05) is 5.32 Å². The topological polar surface area (TPSA) is 81.9 Å². The Morgan fingerprint density at radius 2 is 2.00 bits per heavy atom. The van der Waals surface area contributed by atoms with Gasteiger partial charge in [0.25, 0.3) is 5.91 Å². The number of nitrogens with one attached hydrogen (secondary N) is 1. The molecule has 1 aliphatic rings. The van der Waals surface area contributed by atoms with E-state index in [4.69, 9.17) is 4.98 Å². The summed E-state index contributed by atoms with van der Waals surface area (Å²) in [5.74, 6) is 0.203. The lowest BCUT2D eigenvalue weighted by molar-refractivity contribution is -0.0498. The van der Waals surface area contributed by atoms with Gasteiger partial charge in [-0.15, -0.1) is 11.3 Å². The number of fused-ring (bicyclic) bond motifs is 1. The fraction of sp³-hybridized carbons (Fsp3) is 0.273. The minimum absolute atomic E-state index is 0.0764. The number of carbonyl (C=O) groups excluding carboxylic acids is 1. The predicted octanol–water partition coefficient (Wildman–Crippen LogP) is 5.13. The van der Waals surface area contributed by atoms with Crippen molar-refractivity contribution in [3.8, 4) is 17.0 Å². The number of amides is 1. The van der Waals surface area contributed by atoms with Gasteiger partial charge in [-0.05, 0) is 50.1 Å². The molecule has 10 heteroatoms. The summed E-state index contributed by atoms with van der Waals surface area (Å²) in [6, 6.07) is 8.06. The van der Waals surface area contributed by atoms with Crippen LogP contribution in [0, 0.1) is 6.92 Å². The number of carbonyl (C=O) groups is 1. The number of aromatic nitrogens is 4. The normalized spacial score (nSPS) is 13.7. The first-order valence-electron chi connectivity index (χ1n) is 10.1. The molecule has 3 heterocycles. The lowest BCUT2D eigenvalue weighted by Crippen LogP contribution is -2.13. The number of pyridine rings is 1. The van der Waals surface area contributed by atoms with Crippen LogP contribution < -0.4 is 10.1 Å². The summed E-state index contributed by atoms with van der Waals surface area (Å²) in [7, 11) is 1.82. The molecule has 5 rings (SSSR count). The van der Waals surface area contributed by atoms with Crippen LogP contribution in [0.2, 0.25) is 0 Å². The second-order valence-corrected chi connectivity index (χ2v) is 8.53. The Bertz CT molecular complexity index is 1310. The third kappa shape index (κ3) is 3.93. The van der Waals surface area contributed by atoms with Gasteiger partial charge in [0.15, 0.2) is 10.8 Å². The molecule has 32 heavy (non-hydrogen) atoms. The van der Waals surface area contributed by atoms with E-state index in [0.717, 1.165) is 35.2 Å². The average Bonchev–Trinajstić information content (AvgIpc) is 3.44. The summed E-state index contributed by atoms with van der Waals surface area (Å²) in [5, 5.41) is 10.3. The molecule has 0 saturated heterocycles. The summed E-state index contributed by atoms with van der Waals surface area (Å²) in [4.78, 5) is 22.4. The first-order valence-corrected chi connectivity index (χ1v) is 10.9. The molecular formula is C22H19F2N5O2S. The highest BCUT2D eigenvalue weighted by Gasteiger charge is 2.28. The Morgan fingerprint density at radius 1 is 1.25 bits per heavy atom. The average molecular weight is 455 g/mol. The van der Waals surface area contributed by atoms with Gasteiger partial charge in [0.05, 0.1) is 22.3 Å². The van der Waals surface area contributed by atoms with E-state index in [-0.39, 0.29) is 11.7 Å². The predicted molar refractivity (Wildman–Crippen MR) is 117 cm³/mol. The van der Waals surface area contributed by atoms with Gasteiger partial charge in [-0.1, -0.05) is 0 Å². The number of alkyl halides is 2. The van der Waals surface area contributed by atoms with Crippen LogP contribution in [0.3, 0.4) is 0 Å². The highest BCUT2D eigenvalue weighted by Crippen LogP contribution is 2.40. The maximum atomic E-state index is 13.2. The Balaban J connectivity index is 1.40. The first kappa shape index (κ1) is 20.5. The molecule has 0 atom stereocenters. The van der Waals surface area contributed by atoms with E-state index in [9.17, 15) is 13.6 Å². The zero-order valence-corrected chi connectivity index (χ0v) is 18.1. The molecule has 0 aliphatic heterocycles. The third-order valence-electron chi connectivity index (χ3n) is 5.33.